The third kappa shape index (κ3) is 4.17. The van der Waals surface area contributed by atoms with Gasteiger partial charge in [0.2, 0.25) is 9.84 Å². The van der Waals surface area contributed by atoms with Crippen molar-refractivity contribution in [1.82, 2.24) is 0 Å². The molecule has 0 saturated carbocycles. The number of anilines is 2. The van der Waals surface area contributed by atoms with Crippen LogP contribution in [-0.2, 0) is 9.84 Å². The Morgan fingerprint density at radius 1 is 0.613 bits per heavy atom. The average Bonchev–Trinajstić information content (AvgIpc) is 2.80. The van der Waals surface area contributed by atoms with Crippen molar-refractivity contribution in [3.8, 4) is 23.0 Å². The van der Waals surface area contributed by atoms with Crippen LogP contribution in [0.25, 0.3) is 0 Å². The lowest BCUT2D eigenvalue weighted by Gasteiger charge is -2.18. The van der Waals surface area contributed by atoms with E-state index in [1.807, 2.05) is 12.1 Å². The summed E-state index contributed by atoms with van der Waals surface area (Å²) in [4.78, 5) is -0.0500. The minimum absolute atomic E-state index is 0.0215. The van der Waals surface area contributed by atoms with E-state index in [1.54, 1.807) is 66.7 Å². The van der Waals surface area contributed by atoms with Crippen molar-refractivity contribution in [1.29, 1.82) is 0 Å². The van der Waals surface area contributed by atoms with Crippen molar-refractivity contribution >= 4 is 21.2 Å². The molecule has 156 valence electrons. The quantitative estimate of drug-likeness (QED) is 0.402. The Kier molecular flexibility index (Phi) is 5.51. The van der Waals surface area contributed by atoms with E-state index in [-0.39, 0.29) is 32.7 Å². The van der Waals surface area contributed by atoms with E-state index in [4.69, 9.17) is 20.9 Å². The maximum atomic E-state index is 13.2. The van der Waals surface area contributed by atoms with Gasteiger partial charge in [0.15, 0.2) is 11.5 Å². The maximum Gasteiger partial charge on any atom is 0.208 e. The number of hydrogen-bond donors (Lipinski definition) is 2. The summed E-state index contributed by atoms with van der Waals surface area (Å²) >= 11 is 0. The number of rotatable bonds is 6. The molecule has 0 heterocycles. The van der Waals surface area contributed by atoms with Crippen LogP contribution in [0.4, 0.5) is 11.4 Å². The lowest BCUT2D eigenvalue weighted by molar-refractivity contribution is 0.419. The molecular formula is C24H20N2O4S. The number of ether oxygens (including phenoxy) is 2. The molecule has 0 amide bonds. The Hall–Kier alpha value is -3.97. The highest BCUT2D eigenvalue weighted by Gasteiger charge is 2.27. The fourth-order valence-corrected chi connectivity index (χ4v) is 4.43. The second-order valence-electron chi connectivity index (χ2n) is 6.68. The third-order valence-corrected chi connectivity index (χ3v) is 6.37. The molecule has 4 aromatic carbocycles. The van der Waals surface area contributed by atoms with E-state index in [1.165, 1.54) is 18.2 Å². The van der Waals surface area contributed by atoms with E-state index >= 15 is 0 Å². The zero-order valence-corrected chi connectivity index (χ0v) is 17.3. The normalized spacial score (nSPS) is 11.1. The van der Waals surface area contributed by atoms with Gasteiger partial charge in [-0.15, -0.1) is 0 Å². The smallest absolute Gasteiger partial charge is 0.208 e. The number of sulfone groups is 1. The molecule has 0 saturated heterocycles. The summed E-state index contributed by atoms with van der Waals surface area (Å²) in [6.45, 7) is 0. The molecule has 4 rings (SSSR count). The minimum Gasteiger partial charge on any atom is -0.453 e. The van der Waals surface area contributed by atoms with Crippen molar-refractivity contribution in [2.24, 2.45) is 0 Å². The second kappa shape index (κ2) is 8.41. The largest absolute Gasteiger partial charge is 0.453 e. The molecule has 0 spiro atoms. The van der Waals surface area contributed by atoms with Gasteiger partial charge >= 0.3 is 0 Å². The lowest BCUT2D eigenvalue weighted by atomic mass is 10.2. The number of hydrogen-bond acceptors (Lipinski definition) is 6. The minimum atomic E-state index is -3.94. The van der Waals surface area contributed by atoms with Crippen LogP contribution in [0.1, 0.15) is 0 Å². The summed E-state index contributed by atoms with van der Waals surface area (Å²) in [7, 11) is -3.94. The van der Waals surface area contributed by atoms with Crippen LogP contribution in [0.3, 0.4) is 0 Å². The van der Waals surface area contributed by atoms with Crippen molar-refractivity contribution in [3.63, 3.8) is 0 Å². The molecule has 0 atom stereocenters. The first-order valence-electron chi connectivity index (χ1n) is 9.44. The molecule has 0 fully saturated rings. The van der Waals surface area contributed by atoms with Crippen LogP contribution in [-0.4, -0.2) is 8.42 Å². The summed E-state index contributed by atoms with van der Waals surface area (Å²) in [5.41, 5.74) is 12.3. The topological polar surface area (TPSA) is 105 Å². The Balaban J connectivity index is 1.88. The van der Waals surface area contributed by atoms with Gasteiger partial charge in [0.25, 0.3) is 0 Å². The lowest BCUT2D eigenvalue weighted by Crippen LogP contribution is -2.09. The zero-order chi connectivity index (χ0) is 21.8. The van der Waals surface area contributed by atoms with Gasteiger partial charge < -0.3 is 20.9 Å². The molecule has 0 radical (unpaired) electrons. The maximum absolute atomic E-state index is 13.2. The van der Waals surface area contributed by atoms with Crippen molar-refractivity contribution < 1.29 is 17.9 Å². The summed E-state index contributed by atoms with van der Waals surface area (Å²) in [6, 6.07) is 27.2. The monoisotopic (exact) mass is 432 g/mol. The van der Waals surface area contributed by atoms with Crippen LogP contribution in [0.5, 0.6) is 23.0 Å². The Morgan fingerprint density at radius 2 is 1.10 bits per heavy atom. The summed E-state index contributed by atoms with van der Waals surface area (Å²) < 4.78 is 38.4. The van der Waals surface area contributed by atoms with Gasteiger partial charge in [-0.1, -0.05) is 54.6 Å². The first-order chi connectivity index (χ1) is 15.0. The Bertz CT molecular complexity index is 1290. The highest BCUT2D eigenvalue weighted by molar-refractivity contribution is 7.91. The Labute approximate surface area is 180 Å². The van der Waals surface area contributed by atoms with Gasteiger partial charge in [-0.05, 0) is 36.4 Å². The van der Waals surface area contributed by atoms with Crippen LogP contribution >= 0.6 is 0 Å². The van der Waals surface area contributed by atoms with Gasteiger partial charge in [0.05, 0.1) is 10.6 Å². The Morgan fingerprint density at radius 3 is 1.65 bits per heavy atom. The third-order valence-electron chi connectivity index (χ3n) is 4.56. The molecule has 4 aromatic rings. The number of nitrogen functional groups attached to an aromatic ring is 2. The van der Waals surface area contributed by atoms with Gasteiger partial charge in [0, 0.05) is 6.07 Å². The molecule has 6 nitrogen and oxygen atoms in total. The molecule has 0 aromatic heterocycles. The first kappa shape index (κ1) is 20.3. The number of benzene rings is 4. The van der Waals surface area contributed by atoms with E-state index in [9.17, 15) is 8.42 Å². The van der Waals surface area contributed by atoms with Crippen LogP contribution in [0.15, 0.2) is 107 Å². The van der Waals surface area contributed by atoms with Gasteiger partial charge in [0.1, 0.15) is 22.1 Å². The highest BCUT2D eigenvalue weighted by Crippen LogP contribution is 2.46. The molecule has 0 aliphatic carbocycles. The van der Waals surface area contributed by atoms with E-state index < -0.39 is 9.84 Å². The highest BCUT2D eigenvalue weighted by atomic mass is 32.2. The SMILES string of the molecule is Nc1c(S(=O)(=O)c2ccccc2)cc(Oc2ccccc2)c(Oc2ccccc2)c1N. The molecule has 4 N–H and O–H groups in total. The molecule has 0 aliphatic heterocycles. The molecule has 7 heteroatoms. The van der Waals surface area contributed by atoms with Crippen molar-refractivity contribution in [2.45, 2.75) is 9.79 Å². The fraction of sp³-hybridized carbons (Fsp3) is 0. The first-order valence-corrected chi connectivity index (χ1v) is 10.9. The van der Waals surface area contributed by atoms with E-state index in [2.05, 4.69) is 0 Å². The number of nitrogens with two attached hydrogens (primary N) is 2. The van der Waals surface area contributed by atoms with E-state index in [0.717, 1.165) is 0 Å². The molecule has 0 aliphatic rings. The average molecular weight is 433 g/mol. The molecule has 0 bridgehead atoms. The standard InChI is InChI=1S/C24H20N2O4S/c25-22-21(31(27,28)19-14-8-3-9-15-19)16-20(29-17-10-4-1-5-11-17)24(23(22)26)30-18-12-6-2-7-13-18/h1-16H,25-26H2. The van der Waals surface area contributed by atoms with E-state index in [0.29, 0.717) is 11.5 Å². The molecular weight excluding hydrogens is 412 g/mol. The van der Waals surface area contributed by atoms with Gasteiger partial charge in [-0.3, -0.25) is 0 Å². The zero-order valence-electron chi connectivity index (χ0n) is 16.4. The van der Waals surface area contributed by atoms with Gasteiger partial charge in [-0.25, -0.2) is 8.42 Å². The summed E-state index contributed by atoms with van der Waals surface area (Å²) in [5, 5.41) is 0. The summed E-state index contributed by atoms with van der Waals surface area (Å²) in [6.07, 6.45) is 0. The van der Waals surface area contributed by atoms with Crippen LogP contribution in [0, 0.1) is 0 Å². The molecule has 0 unspecified atom stereocenters. The summed E-state index contributed by atoms with van der Waals surface area (Å²) in [5.74, 6) is 1.27. The van der Waals surface area contributed by atoms with Crippen molar-refractivity contribution in [2.75, 3.05) is 11.5 Å². The predicted molar refractivity (Wildman–Crippen MR) is 120 cm³/mol. The van der Waals surface area contributed by atoms with Crippen LogP contribution in [0.2, 0.25) is 0 Å². The number of para-hydroxylation sites is 2. The van der Waals surface area contributed by atoms with Crippen LogP contribution < -0.4 is 20.9 Å². The molecule has 31 heavy (non-hydrogen) atoms. The van der Waals surface area contributed by atoms with Gasteiger partial charge in [-0.2, -0.15) is 0 Å². The fourth-order valence-electron chi connectivity index (χ4n) is 3.00. The predicted octanol–water partition coefficient (Wildman–Crippen LogP) is 5.27. The van der Waals surface area contributed by atoms with Crippen molar-refractivity contribution in [3.05, 3.63) is 97.1 Å². The second-order valence-corrected chi connectivity index (χ2v) is 8.59.